The molecule has 1 aromatic heterocycles. The van der Waals surface area contributed by atoms with Crippen molar-refractivity contribution in [2.75, 3.05) is 4.90 Å². The van der Waals surface area contributed by atoms with Crippen molar-refractivity contribution in [3.63, 3.8) is 0 Å². The van der Waals surface area contributed by atoms with Gasteiger partial charge in [0.25, 0.3) is 0 Å². The molecule has 3 nitrogen and oxygen atoms in total. The van der Waals surface area contributed by atoms with Crippen LogP contribution < -0.4 is 15.3 Å². The maximum Gasteiger partial charge on any atom is 0.0541 e. The molecule has 0 amide bonds. The van der Waals surface area contributed by atoms with E-state index in [0.29, 0.717) is 0 Å². The molecule has 0 spiro atoms. The summed E-state index contributed by atoms with van der Waals surface area (Å²) >= 11 is 0. The van der Waals surface area contributed by atoms with Crippen LogP contribution in [0.5, 0.6) is 0 Å². The molecule has 2 aliphatic rings. The first kappa shape index (κ1) is 29.9. The molecule has 52 heavy (non-hydrogen) atoms. The van der Waals surface area contributed by atoms with Crippen molar-refractivity contribution < 1.29 is 0 Å². The molecule has 0 atom stereocenters. The zero-order valence-corrected chi connectivity index (χ0v) is 28.5. The van der Waals surface area contributed by atoms with Crippen LogP contribution in [0.2, 0.25) is 0 Å². The highest BCUT2D eigenvalue weighted by molar-refractivity contribution is 6.15. The van der Waals surface area contributed by atoms with Gasteiger partial charge in [0, 0.05) is 45.2 Å². The number of aromatic nitrogens is 1. The first-order valence-corrected chi connectivity index (χ1v) is 17.6. The van der Waals surface area contributed by atoms with Gasteiger partial charge in [0.15, 0.2) is 0 Å². The summed E-state index contributed by atoms with van der Waals surface area (Å²) < 4.78 is 2.34. The highest BCUT2D eigenvalue weighted by Gasteiger charge is 2.23. The van der Waals surface area contributed by atoms with E-state index in [1.54, 1.807) is 0 Å². The van der Waals surface area contributed by atoms with E-state index >= 15 is 0 Å². The average molecular weight is 664 g/mol. The third-order valence-electron chi connectivity index (χ3n) is 10.8. The Morgan fingerprint density at radius 1 is 0.519 bits per heavy atom. The largest absolute Gasteiger partial charge is 0.317 e. The van der Waals surface area contributed by atoms with E-state index in [9.17, 15) is 0 Å². The Morgan fingerprint density at radius 3 is 2.04 bits per heavy atom. The molecule has 0 saturated heterocycles. The first-order valence-electron chi connectivity index (χ1n) is 17.6. The maximum absolute atomic E-state index is 8.35. The van der Waals surface area contributed by atoms with Crippen molar-refractivity contribution in [3.05, 3.63) is 197 Å². The lowest BCUT2D eigenvalue weighted by molar-refractivity contribution is 1.16. The fourth-order valence-corrected chi connectivity index (χ4v) is 8.31. The second-order valence-electron chi connectivity index (χ2n) is 13.5. The van der Waals surface area contributed by atoms with Gasteiger partial charge in [0.2, 0.25) is 0 Å². The molecular formula is C49H33N3. The summed E-state index contributed by atoms with van der Waals surface area (Å²) in [6, 6.07) is 53.9. The maximum atomic E-state index is 8.35. The van der Waals surface area contributed by atoms with Gasteiger partial charge in [-0.25, -0.2) is 0 Å². The number of anilines is 2. The number of nitrogens with one attached hydrogen (secondary N) is 1. The number of fused-ring (bicyclic) bond motifs is 8. The van der Waals surface area contributed by atoms with Crippen molar-refractivity contribution in [2.45, 2.75) is 0 Å². The molecule has 244 valence electrons. The van der Waals surface area contributed by atoms with Crippen LogP contribution in [0, 0.1) is 5.41 Å². The molecule has 0 unspecified atom stereocenters. The quantitative estimate of drug-likeness (QED) is 0.187. The normalized spacial score (nSPS) is 13.7. The second-order valence-corrected chi connectivity index (χ2v) is 13.5. The zero-order chi connectivity index (χ0) is 34.9. The van der Waals surface area contributed by atoms with Gasteiger partial charge in [-0.3, -0.25) is 0 Å². The zero-order valence-electron chi connectivity index (χ0n) is 28.5. The van der Waals surface area contributed by atoms with Gasteiger partial charge in [0.1, 0.15) is 0 Å². The van der Waals surface area contributed by atoms with Gasteiger partial charge in [0.05, 0.1) is 22.4 Å². The van der Waals surface area contributed by atoms with E-state index < -0.39 is 0 Å². The third kappa shape index (κ3) is 4.36. The summed E-state index contributed by atoms with van der Waals surface area (Å²) in [6.07, 6.45) is 5.82. The summed E-state index contributed by atoms with van der Waals surface area (Å²) in [7, 11) is 0. The highest BCUT2D eigenvalue weighted by Crippen LogP contribution is 2.42. The van der Waals surface area contributed by atoms with Crippen LogP contribution in [0.3, 0.4) is 0 Å². The smallest absolute Gasteiger partial charge is 0.0541 e. The molecular weight excluding hydrogens is 631 g/mol. The van der Waals surface area contributed by atoms with Crippen LogP contribution in [0.1, 0.15) is 22.3 Å². The van der Waals surface area contributed by atoms with E-state index in [4.69, 9.17) is 5.41 Å². The molecule has 0 fully saturated rings. The Labute approximate surface area is 302 Å². The molecule has 1 aliphatic carbocycles. The highest BCUT2D eigenvalue weighted by atomic mass is 15.1. The van der Waals surface area contributed by atoms with E-state index in [0.717, 1.165) is 94.2 Å². The standard InChI is InChI=1S/C49H33N3/c1-31-37-15-7-6-12-33(37)26-27-51(36-13-4-3-5-14-36)46-23-20-34(28-42(31)46)35-21-24-48-43(29-35)40-18-10-11-19-47(40)52(48)45-25-22-41-38-16-8-9-17-39(38)44(30-50)49(41)32(45)2/h3-30,50H,1-2H2/b27-26-,50-30?. The number of para-hydroxylation sites is 2. The predicted molar refractivity (Wildman–Crippen MR) is 220 cm³/mol. The van der Waals surface area contributed by atoms with Crippen LogP contribution in [-0.4, -0.2) is 10.8 Å². The summed E-state index contributed by atoms with van der Waals surface area (Å²) in [5.41, 5.74) is 16.4. The van der Waals surface area contributed by atoms with Gasteiger partial charge in [-0.2, -0.15) is 0 Å². The lowest BCUT2D eigenvalue weighted by atomic mass is 9.90. The molecule has 0 saturated carbocycles. The van der Waals surface area contributed by atoms with Gasteiger partial charge in [-0.1, -0.05) is 116 Å². The summed E-state index contributed by atoms with van der Waals surface area (Å²) in [5, 5.41) is 12.7. The van der Waals surface area contributed by atoms with Crippen LogP contribution in [0.15, 0.2) is 164 Å². The Hall–Kier alpha value is -6.97. The molecule has 10 rings (SSSR count). The minimum Gasteiger partial charge on any atom is -0.317 e. The van der Waals surface area contributed by atoms with Gasteiger partial charge in [-0.05, 0) is 104 Å². The minimum absolute atomic E-state index is 0.921. The van der Waals surface area contributed by atoms with Crippen LogP contribution in [0.4, 0.5) is 11.4 Å². The van der Waals surface area contributed by atoms with Gasteiger partial charge in [-0.15, -0.1) is 0 Å². The Bertz CT molecular complexity index is 2960. The fraction of sp³-hybridized carbons (Fsp3) is 0. The molecule has 2 heterocycles. The lowest BCUT2D eigenvalue weighted by Crippen LogP contribution is -2.30. The number of benzene rings is 7. The Kier molecular flexibility index (Phi) is 6.64. The van der Waals surface area contributed by atoms with Gasteiger partial charge < -0.3 is 14.9 Å². The van der Waals surface area contributed by atoms with Crippen molar-refractivity contribution in [1.29, 1.82) is 5.41 Å². The van der Waals surface area contributed by atoms with E-state index in [1.165, 1.54) is 17.0 Å². The third-order valence-corrected chi connectivity index (χ3v) is 10.8. The second kappa shape index (κ2) is 11.5. The number of hydrogen-bond acceptors (Lipinski definition) is 2. The predicted octanol–water partition coefficient (Wildman–Crippen LogP) is 10.9. The summed E-state index contributed by atoms with van der Waals surface area (Å²) in [6.45, 7) is 9.31. The van der Waals surface area contributed by atoms with Crippen molar-refractivity contribution in [1.82, 2.24) is 4.57 Å². The lowest BCUT2D eigenvalue weighted by Gasteiger charge is -2.27. The molecule has 7 aromatic carbocycles. The summed E-state index contributed by atoms with van der Waals surface area (Å²) in [4.78, 5) is 2.25. The first-order chi connectivity index (χ1) is 25.6. The van der Waals surface area contributed by atoms with E-state index in [1.807, 2.05) is 6.07 Å². The van der Waals surface area contributed by atoms with Crippen molar-refractivity contribution in [3.8, 4) is 27.9 Å². The number of hydrogen-bond donors (Lipinski definition) is 1. The number of rotatable bonds is 4. The summed E-state index contributed by atoms with van der Waals surface area (Å²) in [5.74, 6) is 0. The Balaban J connectivity index is 1.16. The molecule has 0 bridgehead atoms. The molecule has 0 radical (unpaired) electrons. The molecule has 8 aromatic rings. The van der Waals surface area contributed by atoms with Crippen molar-refractivity contribution >= 4 is 63.2 Å². The van der Waals surface area contributed by atoms with Crippen molar-refractivity contribution in [2.24, 2.45) is 0 Å². The van der Waals surface area contributed by atoms with Crippen LogP contribution in [0.25, 0.3) is 73.5 Å². The van der Waals surface area contributed by atoms with E-state index in [2.05, 4.69) is 180 Å². The van der Waals surface area contributed by atoms with E-state index in [-0.39, 0.29) is 0 Å². The molecule has 1 aliphatic heterocycles. The molecule has 3 heteroatoms. The minimum atomic E-state index is 0.921. The SMILES string of the molecule is C=C1c2ccccc2/C=C\N(c2ccccc2)c2ccc(-c3ccc4c(c3)c3ccccc3n4-c3ccc4c(c3=C)=C(C=N)c3ccccc3-4)cc21. The van der Waals surface area contributed by atoms with Gasteiger partial charge >= 0.3 is 0 Å². The Morgan fingerprint density at radius 2 is 1.19 bits per heavy atom. The fourth-order valence-electron chi connectivity index (χ4n) is 8.31. The monoisotopic (exact) mass is 663 g/mol. The topological polar surface area (TPSA) is 32.0 Å². The molecule has 1 N–H and O–H groups in total. The average Bonchev–Trinajstić information content (AvgIpc) is 3.70. The van der Waals surface area contributed by atoms with Crippen LogP contribution in [-0.2, 0) is 0 Å². The van der Waals surface area contributed by atoms with Crippen LogP contribution >= 0.6 is 0 Å². The number of nitrogens with zero attached hydrogens (tertiary/aromatic N) is 2.